The number of rotatable bonds is 1. The van der Waals surface area contributed by atoms with Crippen molar-refractivity contribution in [3.63, 3.8) is 0 Å². The average molecular weight is 397 g/mol. The average Bonchev–Trinajstić information content (AvgIpc) is 3.30. The molecule has 1 atom stereocenters. The Kier molecular flexibility index (Phi) is 3.63. The fraction of sp³-hybridized carbons (Fsp3) is 0.240. The molecule has 2 heterocycles. The van der Waals surface area contributed by atoms with Crippen molar-refractivity contribution >= 4 is 23.0 Å². The lowest BCUT2D eigenvalue weighted by atomic mass is 9.76. The lowest BCUT2D eigenvalue weighted by Gasteiger charge is -2.33. The van der Waals surface area contributed by atoms with Crippen molar-refractivity contribution in [2.24, 2.45) is 0 Å². The number of aryl methyl sites for hydroxylation is 1. The number of para-hydroxylation sites is 1. The number of hydrogen-bond acceptors (Lipinski definition) is 4. The van der Waals surface area contributed by atoms with Crippen molar-refractivity contribution < 1.29 is 19.3 Å². The van der Waals surface area contributed by atoms with Crippen molar-refractivity contribution in [1.29, 1.82) is 0 Å². The van der Waals surface area contributed by atoms with Gasteiger partial charge in [-0.1, -0.05) is 36.4 Å². The summed E-state index contributed by atoms with van der Waals surface area (Å²) in [7, 11) is 0. The number of allylic oxidation sites excluding steroid dienone is 1. The van der Waals surface area contributed by atoms with Crippen LogP contribution in [0.25, 0.3) is 0 Å². The molecule has 1 saturated heterocycles. The van der Waals surface area contributed by atoms with Crippen LogP contribution in [0, 0.1) is 6.92 Å². The monoisotopic (exact) mass is 397 g/mol. The predicted octanol–water partition coefficient (Wildman–Crippen LogP) is 2.28. The van der Waals surface area contributed by atoms with Crippen LogP contribution in [0.1, 0.15) is 39.1 Å². The maximum atomic E-state index is 13.6. The topological polar surface area (TPSA) is 60.6 Å². The summed E-state index contributed by atoms with van der Waals surface area (Å²) < 4.78 is 6.33. The van der Waals surface area contributed by atoms with E-state index in [2.05, 4.69) is 9.89 Å². The number of fused-ring (bicyclic) bond motifs is 4. The number of hydrogen-bond donors (Lipinski definition) is 1. The first-order valence-electron chi connectivity index (χ1n) is 10.4. The molecule has 1 unspecified atom stereocenters. The molecule has 1 N–H and O–H groups in total. The molecule has 0 aromatic heterocycles. The van der Waals surface area contributed by atoms with E-state index in [1.54, 1.807) is 12.1 Å². The van der Waals surface area contributed by atoms with Crippen molar-refractivity contribution in [2.75, 3.05) is 13.1 Å². The Labute approximate surface area is 174 Å². The maximum Gasteiger partial charge on any atom is 0.249 e. The van der Waals surface area contributed by atoms with Gasteiger partial charge >= 0.3 is 0 Å². The number of ether oxygens (including phenoxy) is 1. The molecule has 0 radical (unpaired) electrons. The van der Waals surface area contributed by atoms with Gasteiger partial charge < -0.3 is 9.64 Å². The first-order chi connectivity index (χ1) is 14.6. The zero-order valence-electron chi connectivity index (χ0n) is 16.7. The van der Waals surface area contributed by atoms with Crippen molar-refractivity contribution in [1.82, 2.24) is 4.90 Å². The molecule has 0 saturated carbocycles. The van der Waals surface area contributed by atoms with E-state index in [9.17, 15) is 9.59 Å². The Morgan fingerprint density at radius 2 is 1.63 bits per heavy atom. The highest BCUT2D eigenvalue weighted by atomic mass is 16.5. The standard InChI is InChI=1S/C25H20N2O3/c1-14-7-6-10-18-22(14)26-23-19(30-18)13-17(27-11-4-5-12-27)20-21(23)25(29)16-9-3-2-8-15(16)24(20)28/h2-3,6-10,13,19H,4-5,11-12H2,1H3/p+1. The molecule has 2 aliphatic heterocycles. The quantitative estimate of drug-likeness (QED) is 0.802. The van der Waals surface area contributed by atoms with Crippen LogP contribution in [0.4, 0.5) is 5.69 Å². The van der Waals surface area contributed by atoms with E-state index >= 15 is 0 Å². The summed E-state index contributed by atoms with van der Waals surface area (Å²) >= 11 is 0. The summed E-state index contributed by atoms with van der Waals surface area (Å²) in [6, 6.07) is 13.0. The highest BCUT2D eigenvalue weighted by Crippen LogP contribution is 2.39. The SMILES string of the molecule is Cc1cccc2c1[NH+]=C1C3=C(C(=O)c4ccccc4C3=O)C(N3CCCC3)=CC1O2. The smallest absolute Gasteiger partial charge is 0.249 e. The number of Topliss-reactive ketones (excluding diaryl/α,β-unsaturated/α-hetero) is 2. The molecule has 0 amide bonds. The number of carbonyl (C=O) groups is 2. The van der Waals surface area contributed by atoms with Crippen LogP contribution >= 0.6 is 0 Å². The van der Waals surface area contributed by atoms with Crippen molar-refractivity contribution in [2.45, 2.75) is 25.9 Å². The summed E-state index contributed by atoms with van der Waals surface area (Å²) in [6.45, 7) is 3.77. The minimum Gasteiger partial charge on any atom is -0.468 e. The Morgan fingerprint density at radius 3 is 2.37 bits per heavy atom. The molecule has 0 spiro atoms. The summed E-state index contributed by atoms with van der Waals surface area (Å²) in [6.07, 6.45) is 3.76. The Bertz CT molecular complexity index is 1230. The van der Waals surface area contributed by atoms with Crippen molar-refractivity contribution in [3.8, 4) is 5.75 Å². The van der Waals surface area contributed by atoms with Crippen LogP contribution < -0.4 is 9.73 Å². The van der Waals surface area contributed by atoms with Gasteiger partial charge in [-0.15, -0.1) is 0 Å². The molecular weight excluding hydrogens is 376 g/mol. The van der Waals surface area contributed by atoms with E-state index in [4.69, 9.17) is 4.74 Å². The zero-order chi connectivity index (χ0) is 20.4. The number of benzene rings is 2. The highest BCUT2D eigenvalue weighted by Gasteiger charge is 2.47. The van der Waals surface area contributed by atoms with E-state index in [0.29, 0.717) is 28.0 Å². The second-order valence-electron chi connectivity index (χ2n) is 8.23. The molecule has 30 heavy (non-hydrogen) atoms. The summed E-state index contributed by atoms with van der Waals surface area (Å²) in [4.78, 5) is 32.9. The molecule has 0 bridgehead atoms. The largest absolute Gasteiger partial charge is 0.468 e. The first kappa shape index (κ1) is 17.4. The summed E-state index contributed by atoms with van der Waals surface area (Å²) in [5, 5.41) is 0. The normalized spacial score (nSPS) is 21.9. The minimum absolute atomic E-state index is 0.0818. The summed E-state index contributed by atoms with van der Waals surface area (Å²) in [5.41, 5.74) is 5.32. The number of ketones is 2. The Hall–Kier alpha value is -3.47. The molecule has 5 heteroatoms. The number of likely N-dealkylation sites (tertiary alicyclic amines) is 1. The number of carbonyl (C=O) groups excluding carboxylic acids is 2. The van der Waals surface area contributed by atoms with Gasteiger partial charge in [0.2, 0.25) is 23.3 Å². The molecule has 148 valence electrons. The third-order valence-electron chi connectivity index (χ3n) is 6.43. The molecule has 1 fully saturated rings. The van der Waals surface area contributed by atoms with E-state index in [-0.39, 0.29) is 11.6 Å². The molecule has 4 aliphatic rings. The zero-order valence-corrected chi connectivity index (χ0v) is 16.7. The van der Waals surface area contributed by atoms with Gasteiger partial charge in [0.15, 0.2) is 11.5 Å². The van der Waals surface area contributed by atoms with E-state index in [0.717, 1.165) is 48.6 Å². The van der Waals surface area contributed by atoms with Gasteiger partial charge in [-0.05, 0) is 31.9 Å². The first-order valence-corrected chi connectivity index (χ1v) is 10.4. The molecule has 5 nitrogen and oxygen atoms in total. The maximum absolute atomic E-state index is 13.6. The Morgan fingerprint density at radius 1 is 0.933 bits per heavy atom. The fourth-order valence-electron chi connectivity index (χ4n) is 4.95. The molecular formula is C25H21N2O3+. The lowest BCUT2D eigenvalue weighted by molar-refractivity contribution is -0.363. The molecule has 2 aromatic rings. The van der Waals surface area contributed by atoms with Crippen LogP contribution in [0.15, 0.2) is 65.4 Å². The highest BCUT2D eigenvalue weighted by molar-refractivity contribution is 6.39. The van der Waals surface area contributed by atoms with Crippen LogP contribution in [0.3, 0.4) is 0 Å². The predicted molar refractivity (Wildman–Crippen MR) is 112 cm³/mol. The number of nitrogens with one attached hydrogen (secondary N) is 1. The van der Waals surface area contributed by atoms with Gasteiger partial charge in [-0.3, -0.25) is 9.59 Å². The second-order valence-corrected chi connectivity index (χ2v) is 8.23. The molecule has 2 aliphatic carbocycles. The van der Waals surface area contributed by atoms with Gasteiger partial charge in [0.1, 0.15) is 5.57 Å². The lowest BCUT2D eigenvalue weighted by Crippen LogP contribution is -2.74. The van der Waals surface area contributed by atoms with Gasteiger partial charge in [0.25, 0.3) is 0 Å². The number of nitrogens with zero attached hydrogens (tertiary/aromatic N) is 1. The van der Waals surface area contributed by atoms with Crippen LogP contribution in [-0.4, -0.2) is 41.4 Å². The summed E-state index contributed by atoms with van der Waals surface area (Å²) in [5.74, 6) is 0.569. The fourth-order valence-corrected chi connectivity index (χ4v) is 4.95. The van der Waals surface area contributed by atoms with Crippen LogP contribution in [0.5, 0.6) is 5.75 Å². The molecule has 6 rings (SSSR count). The van der Waals surface area contributed by atoms with E-state index in [1.165, 1.54) is 0 Å². The van der Waals surface area contributed by atoms with E-state index < -0.39 is 6.10 Å². The van der Waals surface area contributed by atoms with Crippen LogP contribution in [0.2, 0.25) is 0 Å². The second kappa shape index (κ2) is 6.26. The van der Waals surface area contributed by atoms with Gasteiger partial charge in [0.05, 0.1) is 5.57 Å². The van der Waals surface area contributed by atoms with Gasteiger partial charge in [0, 0.05) is 35.5 Å². The van der Waals surface area contributed by atoms with Crippen LogP contribution in [-0.2, 0) is 0 Å². The minimum atomic E-state index is -0.421. The van der Waals surface area contributed by atoms with E-state index in [1.807, 2.05) is 43.3 Å². The molecule has 2 aromatic carbocycles. The third-order valence-corrected chi connectivity index (χ3v) is 6.43. The van der Waals surface area contributed by atoms with Gasteiger partial charge in [-0.2, -0.15) is 0 Å². The van der Waals surface area contributed by atoms with Gasteiger partial charge in [-0.25, -0.2) is 4.99 Å². The third kappa shape index (κ3) is 2.32. The van der Waals surface area contributed by atoms with Crippen molar-refractivity contribution in [3.05, 3.63) is 82.1 Å². The Balaban J connectivity index is 1.62.